The van der Waals surface area contributed by atoms with Crippen molar-refractivity contribution in [3.8, 4) is 62.1 Å². The predicted octanol–water partition coefficient (Wildman–Crippen LogP) is 17.5. The van der Waals surface area contributed by atoms with Crippen LogP contribution in [-0.4, -0.2) is 19.5 Å². The van der Waals surface area contributed by atoms with Crippen LogP contribution in [0.5, 0.6) is 0 Å². The van der Waals surface area contributed by atoms with Crippen LogP contribution >= 0.6 is 0 Å². The van der Waals surface area contributed by atoms with Crippen LogP contribution in [0.15, 0.2) is 247 Å². The lowest BCUT2D eigenvalue weighted by Gasteiger charge is -2.31. The quantitative estimate of drug-likeness (QED) is 0.172. The normalized spacial score (nSPS) is 15.4. The fraction of sp³-hybridized carbons (Fsp3) is 0.0563. The maximum absolute atomic E-state index is 6.67. The molecule has 3 aromatic heterocycles. The third-order valence-corrected chi connectivity index (χ3v) is 17.0. The second kappa shape index (κ2) is 15.7. The van der Waals surface area contributed by atoms with Crippen LogP contribution in [0.4, 0.5) is 0 Å². The maximum atomic E-state index is 6.67. The minimum absolute atomic E-state index is 0.0569. The Kier molecular flexibility index (Phi) is 8.60. The molecule has 0 radical (unpaired) electrons. The summed E-state index contributed by atoms with van der Waals surface area (Å²) in [6, 6.07) is 81.8. The summed E-state index contributed by atoms with van der Waals surface area (Å²) in [5, 5.41) is 4.44. The van der Waals surface area contributed by atoms with E-state index in [-0.39, 0.29) is 5.92 Å². The van der Waals surface area contributed by atoms with Gasteiger partial charge in [0, 0.05) is 38.6 Å². The van der Waals surface area contributed by atoms with E-state index in [1.165, 1.54) is 72.3 Å². The highest BCUT2D eigenvalue weighted by Crippen LogP contribution is 2.64. The highest BCUT2D eigenvalue weighted by Gasteiger charge is 2.52. The van der Waals surface area contributed by atoms with Gasteiger partial charge in [-0.25, -0.2) is 4.98 Å². The number of para-hydroxylation sites is 2. The summed E-state index contributed by atoms with van der Waals surface area (Å²) in [7, 11) is 0. The lowest BCUT2D eigenvalue weighted by atomic mass is 9.70. The van der Waals surface area contributed by atoms with Gasteiger partial charge in [-0.1, -0.05) is 194 Å². The molecule has 1 spiro atoms. The van der Waals surface area contributed by atoms with Gasteiger partial charge in [-0.05, 0) is 139 Å². The first-order chi connectivity index (χ1) is 37.7. The summed E-state index contributed by atoms with van der Waals surface area (Å²) in [4.78, 5) is 16.2. The van der Waals surface area contributed by atoms with Crippen molar-refractivity contribution in [3.63, 3.8) is 0 Å². The van der Waals surface area contributed by atoms with Gasteiger partial charge in [0.15, 0.2) is 11.6 Å². The molecule has 0 saturated carbocycles. The van der Waals surface area contributed by atoms with Crippen molar-refractivity contribution in [1.29, 1.82) is 0 Å². The Hall–Kier alpha value is -9.71. The van der Waals surface area contributed by atoms with Crippen molar-refractivity contribution in [2.45, 2.75) is 24.2 Å². The lowest BCUT2D eigenvalue weighted by molar-refractivity contribution is 0.669. The number of nitrogens with zero attached hydrogens (tertiary/aromatic N) is 4. The molecule has 5 heteroatoms. The fourth-order valence-electron chi connectivity index (χ4n) is 14.0. The minimum Gasteiger partial charge on any atom is -0.456 e. The maximum Gasteiger partial charge on any atom is 0.238 e. The monoisotopic (exact) mass is 968 g/mol. The Morgan fingerprint density at radius 3 is 1.76 bits per heavy atom. The molecular weight excluding hydrogens is 925 g/mol. The van der Waals surface area contributed by atoms with E-state index in [0.717, 1.165) is 78.8 Å². The molecule has 10 aromatic carbocycles. The molecule has 4 aliphatic rings. The van der Waals surface area contributed by atoms with Crippen LogP contribution in [0.1, 0.15) is 57.7 Å². The van der Waals surface area contributed by atoms with E-state index in [0.29, 0.717) is 17.6 Å². The zero-order valence-corrected chi connectivity index (χ0v) is 41.2. The molecular formula is C71H44N4O. The molecule has 5 nitrogen and oxygen atoms in total. The SMILES string of the molecule is C1=CC2=C(CC1)C(c1cccc(-c3nc(-c4ccc5c(c4)oc4cccc(-c6ccccc6)c45)nc(-n4c5ccccc5c5ccccc54)n3)c1)c1cc3c(cc12)C1(c2ccccc2-c2ccccc21)c1ccccc1-3. The van der Waals surface area contributed by atoms with E-state index in [1.54, 1.807) is 0 Å². The van der Waals surface area contributed by atoms with Crippen molar-refractivity contribution in [1.82, 2.24) is 19.5 Å². The molecule has 0 fully saturated rings. The molecule has 76 heavy (non-hydrogen) atoms. The van der Waals surface area contributed by atoms with E-state index in [2.05, 4.69) is 241 Å². The van der Waals surface area contributed by atoms with E-state index >= 15 is 0 Å². The van der Waals surface area contributed by atoms with Crippen LogP contribution < -0.4 is 0 Å². The number of fused-ring (bicyclic) bond motifs is 18. The highest BCUT2D eigenvalue weighted by atomic mass is 16.3. The molecule has 17 rings (SSSR count). The van der Waals surface area contributed by atoms with Gasteiger partial charge in [-0.2, -0.15) is 9.97 Å². The molecule has 1 unspecified atom stereocenters. The average molecular weight is 969 g/mol. The number of benzene rings is 10. The minimum atomic E-state index is -0.407. The van der Waals surface area contributed by atoms with Crippen molar-refractivity contribution >= 4 is 49.3 Å². The Balaban J connectivity index is 0.853. The second-order valence-corrected chi connectivity index (χ2v) is 20.8. The Morgan fingerprint density at radius 2 is 1.04 bits per heavy atom. The zero-order valence-electron chi connectivity index (χ0n) is 41.2. The van der Waals surface area contributed by atoms with E-state index in [1.807, 2.05) is 0 Å². The largest absolute Gasteiger partial charge is 0.456 e. The first-order valence-electron chi connectivity index (χ1n) is 26.4. The molecule has 1 atom stereocenters. The number of aromatic nitrogens is 4. The molecule has 13 aromatic rings. The summed E-state index contributed by atoms with van der Waals surface area (Å²) in [6.07, 6.45) is 6.78. The van der Waals surface area contributed by atoms with Gasteiger partial charge in [-0.15, -0.1) is 0 Å². The van der Waals surface area contributed by atoms with Gasteiger partial charge < -0.3 is 4.42 Å². The number of hydrogen-bond donors (Lipinski definition) is 0. The topological polar surface area (TPSA) is 56.7 Å². The van der Waals surface area contributed by atoms with Gasteiger partial charge in [0.25, 0.3) is 0 Å². The highest BCUT2D eigenvalue weighted by molar-refractivity contribution is 6.13. The first kappa shape index (κ1) is 41.7. The third-order valence-electron chi connectivity index (χ3n) is 17.0. The Labute approximate surface area is 438 Å². The average Bonchev–Trinajstić information content (AvgIpc) is 4.29. The third kappa shape index (κ3) is 5.66. The van der Waals surface area contributed by atoms with E-state index in [9.17, 15) is 0 Å². The van der Waals surface area contributed by atoms with Crippen LogP contribution in [0.2, 0.25) is 0 Å². The Bertz CT molecular complexity index is 4620. The second-order valence-electron chi connectivity index (χ2n) is 20.8. The van der Waals surface area contributed by atoms with Crippen LogP contribution in [0.3, 0.4) is 0 Å². The zero-order chi connectivity index (χ0) is 49.6. The van der Waals surface area contributed by atoms with Crippen molar-refractivity contribution in [2.75, 3.05) is 0 Å². The number of furan rings is 1. The molecule has 4 aliphatic carbocycles. The predicted molar refractivity (Wildman–Crippen MR) is 308 cm³/mol. The van der Waals surface area contributed by atoms with Crippen molar-refractivity contribution in [3.05, 3.63) is 281 Å². The van der Waals surface area contributed by atoms with Crippen LogP contribution in [0.25, 0.3) is 111 Å². The Morgan fingerprint density at radius 1 is 0.434 bits per heavy atom. The number of hydrogen-bond acceptors (Lipinski definition) is 4. The van der Waals surface area contributed by atoms with Gasteiger partial charge in [0.2, 0.25) is 5.95 Å². The molecule has 0 aliphatic heterocycles. The van der Waals surface area contributed by atoms with E-state index in [4.69, 9.17) is 19.4 Å². The smallest absolute Gasteiger partial charge is 0.238 e. The lowest BCUT2D eigenvalue weighted by Crippen LogP contribution is -2.26. The molecule has 0 N–H and O–H groups in total. The van der Waals surface area contributed by atoms with Gasteiger partial charge in [-0.3, -0.25) is 4.57 Å². The van der Waals surface area contributed by atoms with Crippen molar-refractivity contribution in [2.24, 2.45) is 0 Å². The molecule has 0 saturated heterocycles. The van der Waals surface area contributed by atoms with Crippen LogP contribution in [0, 0.1) is 0 Å². The van der Waals surface area contributed by atoms with Gasteiger partial charge in [0.1, 0.15) is 11.2 Å². The molecule has 354 valence electrons. The molecule has 0 amide bonds. The van der Waals surface area contributed by atoms with E-state index < -0.39 is 5.41 Å². The summed E-state index contributed by atoms with van der Waals surface area (Å²) in [5.74, 6) is 1.80. The number of rotatable bonds is 5. The van der Waals surface area contributed by atoms with Crippen LogP contribution in [-0.2, 0) is 5.41 Å². The van der Waals surface area contributed by atoms with Gasteiger partial charge >= 0.3 is 0 Å². The fourth-order valence-corrected chi connectivity index (χ4v) is 14.0. The standard InChI is InChI=1S/C71H44N4O/c1-2-18-42(19-3-1)46-29-17-35-64-67(46)54-37-36-45(39-65(54)76-64)69-72-68(73-70(74-69)75-62-33-14-9-26-51(62)52-27-10-15-34-63(52)75)44-21-16-20-43(38-44)66-53-28-5-4-22-47(53)55-41-61-56(40-57(55)66)50-25-8-13-32-60(50)71(61)58-30-11-6-23-48(58)49-24-7-12-31-59(49)71/h1-4,6-27,29-41,66H,5,28H2. The van der Waals surface area contributed by atoms with Crippen molar-refractivity contribution < 1.29 is 4.42 Å². The summed E-state index contributed by atoms with van der Waals surface area (Å²) < 4.78 is 8.87. The summed E-state index contributed by atoms with van der Waals surface area (Å²) >= 11 is 0. The number of allylic oxidation sites excluding steroid dienone is 4. The summed E-state index contributed by atoms with van der Waals surface area (Å²) in [6.45, 7) is 0. The molecule has 0 bridgehead atoms. The molecule has 3 heterocycles. The first-order valence-corrected chi connectivity index (χ1v) is 26.4. The summed E-state index contributed by atoms with van der Waals surface area (Å²) in [5.41, 5.74) is 24.9. The van der Waals surface area contributed by atoms with Gasteiger partial charge in [0.05, 0.1) is 16.4 Å².